The zero-order chi connectivity index (χ0) is 7.56. The van der Waals surface area contributed by atoms with E-state index in [0.29, 0.717) is 0 Å². The van der Waals surface area contributed by atoms with Gasteiger partial charge in [0.1, 0.15) is 0 Å². The van der Waals surface area contributed by atoms with E-state index >= 15 is 0 Å². The van der Waals surface area contributed by atoms with Crippen molar-refractivity contribution in [3.63, 3.8) is 0 Å². The van der Waals surface area contributed by atoms with E-state index in [-0.39, 0.29) is 11.4 Å². The van der Waals surface area contributed by atoms with Gasteiger partial charge >= 0.3 is 0 Å². The van der Waals surface area contributed by atoms with Crippen molar-refractivity contribution >= 4 is 17.7 Å². The summed E-state index contributed by atoms with van der Waals surface area (Å²) >= 11 is 1.59. The predicted molar refractivity (Wildman–Crippen MR) is 42.1 cm³/mol. The van der Waals surface area contributed by atoms with Crippen molar-refractivity contribution in [1.82, 2.24) is 10.2 Å². The van der Waals surface area contributed by atoms with Gasteiger partial charge in [0.05, 0.1) is 0 Å². The number of hydrogen-bond donors (Lipinski definition) is 1. The highest BCUT2D eigenvalue weighted by Gasteiger charge is 2.15. The van der Waals surface area contributed by atoms with Crippen LogP contribution in [0.15, 0.2) is 11.6 Å². The standard InChI is InChI=1S/C6H10N2OS/c1-5(9)7-6-8(2)3-4-10-6/h3-4,6H,1-2H3,(H,7,9)/t6-/m0/s1. The number of rotatable bonds is 1. The summed E-state index contributed by atoms with van der Waals surface area (Å²) in [7, 11) is 1.93. The molecule has 10 heavy (non-hydrogen) atoms. The minimum absolute atomic E-state index is 0.00745. The highest BCUT2D eigenvalue weighted by molar-refractivity contribution is 8.02. The van der Waals surface area contributed by atoms with E-state index in [9.17, 15) is 4.79 Å². The Hall–Kier alpha value is -0.640. The molecule has 1 amide bonds. The summed E-state index contributed by atoms with van der Waals surface area (Å²) in [6, 6.07) is 0. The summed E-state index contributed by atoms with van der Waals surface area (Å²) in [5, 5.41) is 4.74. The highest BCUT2D eigenvalue weighted by atomic mass is 32.2. The lowest BCUT2D eigenvalue weighted by Crippen LogP contribution is -2.38. The minimum atomic E-state index is 0.00745. The molecule has 0 saturated carbocycles. The lowest BCUT2D eigenvalue weighted by Gasteiger charge is -2.19. The Kier molecular flexibility index (Phi) is 2.21. The molecular formula is C6H10N2OS. The molecule has 1 aliphatic heterocycles. The lowest BCUT2D eigenvalue weighted by molar-refractivity contribution is -0.119. The molecule has 1 heterocycles. The van der Waals surface area contributed by atoms with Crippen molar-refractivity contribution in [3.8, 4) is 0 Å². The number of nitrogens with one attached hydrogen (secondary N) is 1. The van der Waals surface area contributed by atoms with Crippen LogP contribution in [0.2, 0.25) is 0 Å². The summed E-state index contributed by atoms with van der Waals surface area (Å²) in [6.45, 7) is 1.52. The molecule has 0 radical (unpaired) electrons. The monoisotopic (exact) mass is 158 g/mol. The normalized spacial score (nSPS) is 23.4. The molecule has 0 aromatic rings. The third-order valence-corrected chi connectivity index (χ3v) is 2.19. The number of carbonyl (C=O) groups is 1. The number of carbonyl (C=O) groups excluding carboxylic acids is 1. The maximum Gasteiger partial charge on any atom is 0.219 e. The number of nitrogens with zero attached hydrogens (tertiary/aromatic N) is 1. The van der Waals surface area contributed by atoms with Crippen LogP contribution in [0, 0.1) is 0 Å². The van der Waals surface area contributed by atoms with E-state index in [4.69, 9.17) is 0 Å². The summed E-state index contributed by atoms with van der Waals surface area (Å²) in [4.78, 5) is 12.5. The molecule has 1 N–H and O–H groups in total. The minimum Gasteiger partial charge on any atom is -0.351 e. The first kappa shape index (κ1) is 7.47. The van der Waals surface area contributed by atoms with Crippen molar-refractivity contribution in [3.05, 3.63) is 11.6 Å². The average molecular weight is 158 g/mol. The fourth-order valence-electron chi connectivity index (χ4n) is 0.689. The van der Waals surface area contributed by atoms with Crippen LogP contribution in [-0.2, 0) is 4.79 Å². The zero-order valence-corrected chi connectivity index (χ0v) is 6.81. The number of thioether (sulfide) groups is 1. The van der Waals surface area contributed by atoms with E-state index in [1.807, 2.05) is 23.6 Å². The molecular weight excluding hydrogens is 148 g/mol. The van der Waals surface area contributed by atoms with Crippen LogP contribution >= 0.6 is 11.8 Å². The molecule has 3 nitrogen and oxygen atoms in total. The van der Waals surface area contributed by atoms with Gasteiger partial charge in [-0.05, 0) is 5.41 Å². The topological polar surface area (TPSA) is 32.3 Å². The fourth-order valence-corrected chi connectivity index (χ4v) is 1.60. The largest absolute Gasteiger partial charge is 0.351 e. The molecule has 0 bridgehead atoms. The Morgan fingerprint density at radius 2 is 2.50 bits per heavy atom. The van der Waals surface area contributed by atoms with Crippen LogP contribution in [-0.4, -0.2) is 23.4 Å². The maximum absolute atomic E-state index is 10.6. The van der Waals surface area contributed by atoms with Gasteiger partial charge in [-0.2, -0.15) is 0 Å². The van der Waals surface area contributed by atoms with Crippen LogP contribution in [0.25, 0.3) is 0 Å². The third-order valence-electron chi connectivity index (χ3n) is 1.20. The Morgan fingerprint density at radius 3 is 2.90 bits per heavy atom. The Morgan fingerprint density at radius 1 is 1.80 bits per heavy atom. The van der Waals surface area contributed by atoms with Gasteiger partial charge in [-0.1, -0.05) is 11.8 Å². The summed E-state index contributed by atoms with van der Waals surface area (Å²) in [6.07, 6.45) is 1.94. The van der Waals surface area contributed by atoms with E-state index in [1.165, 1.54) is 6.92 Å². The van der Waals surface area contributed by atoms with E-state index in [0.717, 1.165) is 0 Å². The Labute approximate surface area is 64.5 Å². The number of amides is 1. The van der Waals surface area contributed by atoms with Crippen LogP contribution in [0.3, 0.4) is 0 Å². The van der Waals surface area contributed by atoms with Crippen molar-refractivity contribution in [2.45, 2.75) is 12.4 Å². The molecule has 0 spiro atoms. The first-order valence-electron chi connectivity index (χ1n) is 3.01. The van der Waals surface area contributed by atoms with E-state index in [2.05, 4.69) is 5.32 Å². The second-order valence-corrected chi connectivity index (χ2v) is 3.13. The molecule has 1 rings (SSSR count). The van der Waals surface area contributed by atoms with Gasteiger partial charge < -0.3 is 10.2 Å². The van der Waals surface area contributed by atoms with Gasteiger partial charge in [-0.25, -0.2) is 0 Å². The molecule has 0 aromatic carbocycles. The summed E-state index contributed by atoms with van der Waals surface area (Å²) < 4.78 is 0. The van der Waals surface area contributed by atoms with Crippen LogP contribution < -0.4 is 5.32 Å². The van der Waals surface area contributed by atoms with E-state index in [1.54, 1.807) is 11.8 Å². The summed E-state index contributed by atoms with van der Waals surface area (Å²) in [5.74, 6) is 0.00745. The van der Waals surface area contributed by atoms with Crippen molar-refractivity contribution in [2.75, 3.05) is 7.05 Å². The van der Waals surface area contributed by atoms with Crippen LogP contribution in [0.1, 0.15) is 6.92 Å². The van der Waals surface area contributed by atoms with Gasteiger partial charge in [0.15, 0.2) is 5.50 Å². The molecule has 1 aliphatic rings. The first-order chi connectivity index (χ1) is 4.70. The number of hydrogen-bond acceptors (Lipinski definition) is 3. The smallest absolute Gasteiger partial charge is 0.219 e. The summed E-state index contributed by atoms with van der Waals surface area (Å²) in [5.41, 5.74) is 0.0949. The molecule has 0 aromatic heterocycles. The molecule has 56 valence electrons. The lowest BCUT2D eigenvalue weighted by atomic mass is 10.7. The van der Waals surface area contributed by atoms with Crippen molar-refractivity contribution in [2.24, 2.45) is 0 Å². The van der Waals surface area contributed by atoms with Gasteiger partial charge in [0.2, 0.25) is 5.91 Å². The maximum atomic E-state index is 10.6. The second-order valence-electron chi connectivity index (χ2n) is 2.14. The molecule has 0 aliphatic carbocycles. The van der Waals surface area contributed by atoms with Gasteiger partial charge in [-0.3, -0.25) is 4.79 Å². The van der Waals surface area contributed by atoms with Gasteiger partial charge in [0.25, 0.3) is 0 Å². The van der Waals surface area contributed by atoms with Crippen molar-refractivity contribution < 1.29 is 4.79 Å². The van der Waals surface area contributed by atoms with Crippen LogP contribution in [0.5, 0.6) is 0 Å². The van der Waals surface area contributed by atoms with Crippen LogP contribution in [0.4, 0.5) is 0 Å². The van der Waals surface area contributed by atoms with Gasteiger partial charge in [-0.15, -0.1) is 0 Å². The van der Waals surface area contributed by atoms with Gasteiger partial charge in [0, 0.05) is 20.2 Å². The highest BCUT2D eigenvalue weighted by Crippen LogP contribution is 2.20. The molecule has 4 heteroatoms. The predicted octanol–water partition coefficient (Wildman–Crippen LogP) is 0.556. The molecule has 1 atom stereocenters. The fraction of sp³-hybridized carbons (Fsp3) is 0.500. The van der Waals surface area contributed by atoms with E-state index < -0.39 is 0 Å². The SMILES string of the molecule is CC(=O)N[C@@H]1SC=CN1C. The Bertz CT molecular complexity index is 169. The van der Waals surface area contributed by atoms with Crippen molar-refractivity contribution in [1.29, 1.82) is 0 Å². The first-order valence-corrected chi connectivity index (χ1v) is 3.95. The molecule has 0 fully saturated rings. The average Bonchev–Trinajstić information content (AvgIpc) is 2.15. The quantitative estimate of drug-likeness (QED) is 0.605. The zero-order valence-electron chi connectivity index (χ0n) is 6.00. The molecule has 0 unspecified atom stereocenters. The second kappa shape index (κ2) is 2.96. The third kappa shape index (κ3) is 1.67. The Balaban J connectivity index is 2.37. The molecule has 0 saturated heterocycles.